The van der Waals surface area contributed by atoms with Gasteiger partial charge in [-0.25, -0.2) is 0 Å². The highest BCUT2D eigenvalue weighted by molar-refractivity contribution is 4.96. The van der Waals surface area contributed by atoms with E-state index < -0.39 is 18.2 Å². The molecule has 6 N–H and O–H groups in total. The minimum absolute atomic E-state index is 0.352. The summed E-state index contributed by atoms with van der Waals surface area (Å²) in [6, 6.07) is -0.907. The van der Waals surface area contributed by atoms with Crippen LogP contribution in [0.15, 0.2) is 0 Å². The fraction of sp³-hybridized carbons (Fsp3) is 1.00. The molecule has 0 aromatic heterocycles. The largest absolute Gasteiger partial charge is 0.391 e. The quantitative estimate of drug-likeness (QED) is 0.300. The van der Waals surface area contributed by atoms with Crippen LogP contribution in [0.3, 0.4) is 0 Å². The Morgan fingerprint density at radius 1 is 1.22 bits per heavy atom. The fourth-order valence-corrected chi connectivity index (χ4v) is 1.09. The molecule has 1 aliphatic carbocycles. The molecule has 9 heavy (non-hydrogen) atoms. The first-order valence-electron chi connectivity index (χ1n) is 3.00. The lowest BCUT2D eigenvalue weighted by Crippen LogP contribution is -2.42. The molecule has 4 heteroatoms. The van der Waals surface area contributed by atoms with Crippen LogP contribution in [0.4, 0.5) is 0 Å². The highest BCUT2D eigenvalue weighted by atomic mass is 16.3. The molecule has 4 atom stereocenters. The molecule has 0 unspecified atom stereocenters. The summed E-state index contributed by atoms with van der Waals surface area (Å²) in [5.41, 5.74) is 10.7. The summed E-state index contributed by atoms with van der Waals surface area (Å²) in [5.74, 6) is 0. The molecular formula is C5H12N2O2. The molecule has 54 valence electrons. The molecule has 0 aliphatic heterocycles. The predicted octanol–water partition coefficient (Wildman–Crippen LogP) is -2.23. The molecule has 1 aliphatic rings. The van der Waals surface area contributed by atoms with E-state index >= 15 is 0 Å². The molecule has 0 bridgehead atoms. The highest BCUT2D eigenvalue weighted by Crippen LogP contribution is 2.16. The Morgan fingerprint density at radius 3 is 1.89 bits per heavy atom. The van der Waals surface area contributed by atoms with Crippen LogP contribution in [-0.4, -0.2) is 34.5 Å². The molecule has 1 rings (SSSR count). The summed E-state index contributed by atoms with van der Waals surface area (Å²) >= 11 is 0. The summed E-state index contributed by atoms with van der Waals surface area (Å²) in [7, 11) is 0. The number of aliphatic hydroxyl groups is 2. The van der Waals surface area contributed by atoms with Gasteiger partial charge in [-0.15, -0.1) is 0 Å². The van der Waals surface area contributed by atoms with E-state index in [9.17, 15) is 0 Å². The minimum Gasteiger partial charge on any atom is -0.391 e. The van der Waals surface area contributed by atoms with E-state index in [0.717, 1.165) is 0 Å². The van der Waals surface area contributed by atoms with Gasteiger partial charge in [0.25, 0.3) is 0 Å². The van der Waals surface area contributed by atoms with E-state index in [-0.39, 0.29) is 6.04 Å². The van der Waals surface area contributed by atoms with Crippen molar-refractivity contribution in [1.82, 2.24) is 0 Å². The molecule has 0 spiro atoms. The van der Waals surface area contributed by atoms with Crippen LogP contribution in [-0.2, 0) is 0 Å². The molecule has 1 fully saturated rings. The van der Waals surface area contributed by atoms with Gasteiger partial charge in [-0.05, 0) is 6.42 Å². The van der Waals surface area contributed by atoms with Gasteiger partial charge < -0.3 is 21.7 Å². The summed E-state index contributed by atoms with van der Waals surface area (Å²) in [4.78, 5) is 0. The minimum atomic E-state index is -0.736. The third kappa shape index (κ3) is 1.07. The van der Waals surface area contributed by atoms with Crippen LogP contribution in [0.25, 0.3) is 0 Å². The Kier molecular flexibility index (Phi) is 1.72. The first kappa shape index (κ1) is 6.95. The second-order valence-electron chi connectivity index (χ2n) is 2.53. The van der Waals surface area contributed by atoms with Crippen LogP contribution in [0, 0.1) is 0 Å². The maximum atomic E-state index is 9.03. The Balaban J connectivity index is 2.54. The van der Waals surface area contributed by atoms with Gasteiger partial charge in [0.1, 0.15) is 0 Å². The van der Waals surface area contributed by atoms with Crippen LogP contribution in [0.5, 0.6) is 0 Å². The zero-order valence-electron chi connectivity index (χ0n) is 5.07. The normalized spacial score (nSPS) is 52.0. The average molecular weight is 132 g/mol. The zero-order valence-corrected chi connectivity index (χ0v) is 5.07. The van der Waals surface area contributed by atoms with Crippen molar-refractivity contribution in [2.45, 2.75) is 30.7 Å². The van der Waals surface area contributed by atoms with E-state index in [1.54, 1.807) is 0 Å². The van der Waals surface area contributed by atoms with Gasteiger partial charge in [0.15, 0.2) is 0 Å². The van der Waals surface area contributed by atoms with E-state index in [2.05, 4.69) is 0 Å². The van der Waals surface area contributed by atoms with Gasteiger partial charge in [0.05, 0.1) is 18.2 Å². The van der Waals surface area contributed by atoms with Crippen molar-refractivity contribution in [2.24, 2.45) is 11.5 Å². The van der Waals surface area contributed by atoms with Crippen LogP contribution in [0.1, 0.15) is 6.42 Å². The van der Waals surface area contributed by atoms with Crippen LogP contribution in [0.2, 0.25) is 0 Å². The van der Waals surface area contributed by atoms with Crippen molar-refractivity contribution < 1.29 is 10.2 Å². The predicted molar refractivity (Wildman–Crippen MR) is 32.6 cm³/mol. The first-order chi connectivity index (χ1) is 4.13. The second kappa shape index (κ2) is 2.22. The van der Waals surface area contributed by atoms with Gasteiger partial charge in [-0.2, -0.15) is 0 Å². The molecule has 0 heterocycles. The lowest BCUT2D eigenvalue weighted by molar-refractivity contribution is 0.107. The van der Waals surface area contributed by atoms with Gasteiger partial charge in [-0.1, -0.05) is 0 Å². The van der Waals surface area contributed by atoms with E-state index in [1.165, 1.54) is 0 Å². The second-order valence-corrected chi connectivity index (χ2v) is 2.53. The number of hydrogen-bond donors (Lipinski definition) is 4. The van der Waals surface area contributed by atoms with Gasteiger partial charge in [0, 0.05) is 6.04 Å². The Hall–Kier alpha value is -0.160. The SMILES string of the molecule is N[C@H]1[C@H](O)[C@@H](N)C[C@@H]1O. The number of nitrogens with two attached hydrogens (primary N) is 2. The highest BCUT2D eigenvalue weighted by Gasteiger charge is 2.36. The van der Waals surface area contributed by atoms with Crippen molar-refractivity contribution in [2.75, 3.05) is 0 Å². The third-order valence-corrected chi connectivity index (χ3v) is 1.79. The molecular weight excluding hydrogens is 120 g/mol. The number of aliphatic hydroxyl groups excluding tert-OH is 2. The van der Waals surface area contributed by atoms with Crippen molar-refractivity contribution in [3.05, 3.63) is 0 Å². The van der Waals surface area contributed by atoms with Crippen molar-refractivity contribution in [1.29, 1.82) is 0 Å². The molecule has 0 radical (unpaired) electrons. The fourth-order valence-electron chi connectivity index (χ4n) is 1.09. The number of hydrogen-bond acceptors (Lipinski definition) is 4. The molecule has 0 aromatic rings. The molecule has 0 amide bonds. The number of rotatable bonds is 0. The summed E-state index contributed by atoms with van der Waals surface area (Å²) in [5, 5.41) is 18.0. The molecule has 0 aromatic carbocycles. The Bertz CT molecular complexity index is 97.1. The van der Waals surface area contributed by atoms with Gasteiger partial charge >= 0.3 is 0 Å². The Labute approximate surface area is 53.5 Å². The summed E-state index contributed by atoms with van der Waals surface area (Å²) < 4.78 is 0. The van der Waals surface area contributed by atoms with Crippen molar-refractivity contribution >= 4 is 0 Å². The van der Waals surface area contributed by atoms with Gasteiger partial charge in [0.2, 0.25) is 0 Å². The first-order valence-corrected chi connectivity index (χ1v) is 3.00. The molecule has 0 saturated heterocycles. The molecule has 1 saturated carbocycles. The topological polar surface area (TPSA) is 92.5 Å². The van der Waals surface area contributed by atoms with Crippen molar-refractivity contribution in [3.63, 3.8) is 0 Å². The lowest BCUT2D eigenvalue weighted by atomic mass is 10.2. The zero-order chi connectivity index (χ0) is 7.02. The lowest BCUT2D eigenvalue weighted by Gasteiger charge is -2.12. The standard InChI is InChI=1S/C5H12N2O2/c6-2-1-3(8)4(7)5(2)9/h2-5,8-9H,1,6-7H2/t2-,3-,4+,5+/m0/s1. The smallest absolute Gasteiger partial charge is 0.0867 e. The maximum absolute atomic E-state index is 9.03. The van der Waals surface area contributed by atoms with Crippen LogP contribution >= 0.6 is 0 Å². The summed E-state index contributed by atoms with van der Waals surface area (Å²) in [6.45, 7) is 0. The molecule has 4 nitrogen and oxygen atoms in total. The van der Waals surface area contributed by atoms with E-state index in [4.69, 9.17) is 21.7 Å². The van der Waals surface area contributed by atoms with E-state index in [0.29, 0.717) is 6.42 Å². The van der Waals surface area contributed by atoms with Gasteiger partial charge in [-0.3, -0.25) is 0 Å². The Morgan fingerprint density at radius 2 is 1.78 bits per heavy atom. The van der Waals surface area contributed by atoms with E-state index in [1.807, 2.05) is 0 Å². The third-order valence-electron chi connectivity index (χ3n) is 1.79. The summed E-state index contributed by atoms with van der Waals surface area (Å²) in [6.07, 6.45) is -0.961. The van der Waals surface area contributed by atoms with Crippen molar-refractivity contribution in [3.8, 4) is 0 Å². The maximum Gasteiger partial charge on any atom is 0.0867 e. The monoisotopic (exact) mass is 132 g/mol. The van der Waals surface area contributed by atoms with Crippen LogP contribution < -0.4 is 11.5 Å². The average Bonchev–Trinajstić information content (AvgIpc) is 1.98.